The third-order valence-corrected chi connectivity index (χ3v) is 2.22. The Kier molecular flexibility index (Phi) is 7.33. The fourth-order valence-electron chi connectivity index (χ4n) is 1.36. The van der Waals surface area contributed by atoms with E-state index in [0.717, 1.165) is 17.7 Å². The summed E-state index contributed by atoms with van der Waals surface area (Å²) >= 11 is 0. The lowest BCUT2D eigenvalue weighted by atomic mass is 10.2. The quantitative estimate of drug-likeness (QED) is 0.606. The normalized spacial score (nSPS) is 9.58. The maximum absolute atomic E-state index is 11.5. The molecule has 2 N–H and O–H groups in total. The molecular formula is C15H19NO3. The van der Waals surface area contributed by atoms with Gasteiger partial charge in [-0.05, 0) is 30.7 Å². The Morgan fingerprint density at radius 1 is 1.37 bits per heavy atom. The van der Waals surface area contributed by atoms with Gasteiger partial charge in [0.1, 0.15) is 6.61 Å². The van der Waals surface area contributed by atoms with Crippen molar-refractivity contribution in [3.63, 3.8) is 0 Å². The fourth-order valence-corrected chi connectivity index (χ4v) is 1.36. The van der Waals surface area contributed by atoms with Crippen LogP contribution in [0.4, 0.5) is 5.69 Å². The maximum atomic E-state index is 11.5. The molecule has 4 heteroatoms. The van der Waals surface area contributed by atoms with Gasteiger partial charge in [0, 0.05) is 24.3 Å². The average molecular weight is 261 g/mol. The first-order chi connectivity index (χ1) is 9.26. The summed E-state index contributed by atoms with van der Waals surface area (Å²) < 4.78 is 5.15. The van der Waals surface area contributed by atoms with Crippen LogP contribution in [0.2, 0.25) is 0 Å². The molecule has 0 radical (unpaired) electrons. The Balaban J connectivity index is 2.44. The van der Waals surface area contributed by atoms with E-state index >= 15 is 0 Å². The number of ether oxygens (including phenoxy) is 1. The minimum atomic E-state index is -0.160. The maximum Gasteiger partial charge on any atom is 0.250 e. The van der Waals surface area contributed by atoms with Crippen LogP contribution in [0.15, 0.2) is 24.3 Å². The topological polar surface area (TPSA) is 58.6 Å². The van der Waals surface area contributed by atoms with Crippen molar-refractivity contribution in [1.82, 2.24) is 0 Å². The molecule has 0 heterocycles. The van der Waals surface area contributed by atoms with E-state index in [-0.39, 0.29) is 19.1 Å². The van der Waals surface area contributed by atoms with E-state index in [0.29, 0.717) is 13.0 Å². The van der Waals surface area contributed by atoms with E-state index in [1.807, 2.05) is 19.1 Å². The average Bonchev–Trinajstić information content (AvgIpc) is 2.41. The molecule has 19 heavy (non-hydrogen) atoms. The van der Waals surface area contributed by atoms with Crippen molar-refractivity contribution in [2.75, 3.05) is 25.1 Å². The van der Waals surface area contributed by atoms with E-state index < -0.39 is 0 Å². The largest absolute Gasteiger partial charge is 0.395 e. The molecule has 0 unspecified atom stereocenters. The number of aliphatic hydroxyl groups is 1. The molecule has 0 aliphatic carbocycles. The van der Waals surface area contributed by atoms with Crippen molar-refractivity contribution in [3.05, 3.63) is 29.8 Å². The zero-order valence-electron chi connectivity index (χ0n) is 11.1. The highest BCUT2D eigenvalue weighted by Crippen LogP contribution is 2.08. The summed E-state index contributed by atoms with van der Waals surface area (Å²) in [6.45, 7) is 2.73. The molecule has 0 spiro atoms. The summed E-state index contributed by atoms with van der Waals surface area (Å²) in [6, 6.07) is 7.24. The number of rotatable bonds is 6. The summed E-state index contributed by atoms with van der Waals surface area (Å²) in [5.41, 5.74) is 1.58. The summed E-state index contributed by atoms with van der Waals surface area (Å²) in [6.07, 6.45) is 1.36. The van der Waals surface area contributed by atoms with Gasteiger partial charge in [0.15, 0.2) is 0 Å². The Hall–Kier alpha value is -1.83. The van der Waals surface area contributed by atoms with Gasteiger partial charge >= 0.3 is 0 Å². The van der Waals surface area contributed by atoms with Gasteiger partial charge < -0.3 is 15.2 Å². The minimum Gasteiger partial charge on any atom is -0.395 e. The SMILES string of the molecule is CCCOCC(=O)Nc1ccc(C#CCCO)cc1. The van der Waals surface area contributed by atoms with E-state index in [2.05, 4.69) is 17.2 Å². The number of hydrogen-bond donors (Lipinski definition) is 2. The van der Waals surface area contributed by atoms with Gasteiger partial charge in [0.2, 0.25) is 5.91 Å². The van der Waals surface area contributed by atoms with Gasteiger partial charge in [0.25, 0.3) is 0 Å². The van der Waals surface area contributed by atoms with Crippen molar-refractivity contribution in [1.29, 1.82) is 0 Å². The Morgan fingerprint density at radius 3 is 2.74 bits per heavy atom. The molecule has 0 saturated heterocycles. The second-order valence-corrected chi connectivity index (χ2v) is 3.95. The molecule has 1 rings (SSSR count). The Bertz CT molecular complexity index is 443. The number of nitrogens with one attached hydrogen (secondary N) is 1. The van der Waals surface area contributed by atoms with Gasteiger partial charge in [-0.15, -0.1) is 0 Å². The van der Waals surface area contributed by atoms with Crippen LogP contribution < -0.4 is 5.32 Å². The van der Waals surface area contributed by atoms with Crippen LogP contribution in [0, 0.1) is 11.8 Å². The standard InChI is InChI=1S/C15H19NO3/c1-2-11-19-12-15(18)16-14-8-6-13(7-9-14)5-3-4-10-17/h6-9,17H,2,4,10-12H2,1H3,(H,16,18). The first-order valence-electron chi connectivity index (χ1n) is 6.33. The van der Waals surface area contributed by atoms with Crippen molar-refractivity contribution in [3.8, 4) is 11.8 Å². The van der Waals surface area contributed by atoms with Gasteiger partial charge in [0.05, 0.1) is 6.61 Å². The Morgan fingerprint density at radius 2 is 2.11 bits per heavy atom. The van der Waals surface area contributed by atoms with Gasteiger partial charge in [-0.25, -0.2) is 0 Å². The third-order valence-electron chi connectivity index (χ3n) is 2.22. The first-order valence-corrected chi connectivity index (χ1v) is 6.33. The van der Waals surface area contributed by atoms with Crippen molar-refractivity contribution in [2.45, 2.75) is 19.8 Å². The molecule has 1 amide bonds. The Labute approximate surface area is 113 Å². The van der Waals surface area contributed by atoms with Gasteiger partial charge in [-0.2, -0.15) is 0 Å². The van der Waals surface area contributed by atoms with Crippen LogP contribution in [0.3, 0.4) is 0 Å². The smallest absolute Gasteiger partial charge is 0.250 e. The van der Waals surface area contributed by atoms with E-state index in [1.165, 1.54) is 0 Å². The molecule has 0 aromatic heterocycles. The van der Waals surface area contributed by atoms with Crippen molar-refractivity contribution < 1.29 is 14.6 Å². The molecule has 0 aliphatic rings. The fraction of sp³-hybridized carbons (Fsp3) is 0.400. The molecule has 102 valence electrons. The molecule has 0 aliphatic heterocycles. The number of carbonyl (C=O) groups is 1. The molecule has 0 atom stereocenters. The molecule has 0 bridgehead atoms. The van der Waals surface area contributed by atoms with E-state index in [1.54, 1.807) is 12.1 Å². The summed E-state index contributed by atoms with van der Waals surface area (Å²) in [4.78, 5) is 11.5. The number of carbonyl (C=O) groups excluding carboxylic acids is 1. The number of benzene rings is 1. The highest BCUT2D eigenvalue weighted by molar-refractivity contribution is 5.91. The lowest BCUT2D eigenvalue weighted by Gasteiger charge is -2.05. The van der Waals surface area contributed by atoms with Crippen LogP contribution in [0.5, 0.6) is 0 Å². The highest BCUT2D eigenvalue weighted by Gasteiger charge is 2.01. The number of anilines is 1. The van der Waals surface area contributed by atoms with E-state index in [4.69, 9.17) is 9.84 Å². The van der Waals surface area contributed by atoms with Crippen LogP contribution in [-0.2, 0) is 9.53 Å². The van der Waals surface area contributed by atoms with Gasteiger partial charge in [-0.1, -0.05) is 18.8 Å². The lowest BCUT2D eigenvalue weighted by molar-refractivity contribution is -0.120. The number of hydrogen-bond acceptors (Lipinski definition) is 3. The van der Waals surface area contributed by atoms with Crippen LogP contribution in [0.25, 0.3) is 0 Å². The highest BCUT2D eigenvalue weighted by atomic mass is 16.5. The lowest BCUT2D eigenvalue weighted by Crippen LogP contribution is -2.18. The number of amides is 1. The van der Waals surface area contributed by atoms with Crippen molar-refractivity contribution >= 4 is 11.6 Å². The molecule has 4 nitrogen and oxygen atoms in total. The second kappa shape index (κ2) is 9.15. The predicted molar refractivity (Wildman–Crippen MR) is 74.8 cm³/mol. The molecule has 0 saturated carbocycles. The van der Waals surface area contributed by atoms with Crippen LogP contribution >= 0.6 is 0 Å². The van der Waals surface area contributed by atoms with Crippen LogP contribution in [0.1, 0.15) is 25.3 Å². The number of aliphatic hydroxyl groups excluding tert-OH is 1. The van der Waals surface area contributed by atoms with Gasteiger partial charge in [-0.3, -0.25) is 4.79 Å². The van der Waals surface area contributed by atoms with E-state index in [9.17, 15) is 4.79 Å². The second-order valence-electron chi connectivity index (χ2n) is 3.95. The summed E-state index contributed by atoms with van der Waals surface area (Å²) in [5, 5.41) is 11.4. The summed E-state index contributed by atoms with van der Waals surface area (Å²) in [7, 11) is 0. The van der Waals surface area contributed by atoms with Crippen molar-refractivity contribution in [2.24, 2.45) is 0 Å². The molecule has 1 aromatic carbocycles. The zero-order valence-corrected chi connectivity index (χ0v) is 11.1. The molecule has 0 fully saturated rings. The summed E-state index contributed by atoms with van der Waals surface area (Å²) in [5.74, 6) is 5.60. The minimum absolute atomic E-state index is 0.0684. The third kappa shape index (κ3) is 6.61. The molecular weight excluding hydrogens is 242 g/mol. The zero-order chi connectivity index (χ0) is 13.9. The first kappa shape index (κ1) is 15.2. The monoisotopic (exact) mass is 261 g/mol. The predicted octanol–water partition coefficient (Wildman–Crippen LogP) is 1.79. The van der Waals surface area contributed by atoms with Crippen LogP contribution in [-0.4, -0.2) is 30.8 Å². The molecule has 1 aromatic rings.